The summed E-state index contributed by atoms with van der Waals surface area (Å²) in [5, 5.41) is 13.7. The van der Waals surface area contributed by atoms with Crippen LogP contribution in [0, 0.1) is 0 Å². The third kappa shape index (κ3) is 45.0. The summed E-state index contributed by atoms with van der Waals surface area (Å²) < 4.78 is 23.4. The molecule has 0 saturated carbocycles. The van der Waals surface area contributed by atoms with E-state index >= 15 is 0 Å². The Balaban J connectivity index is 3.98. The highest BCUT2D eigenvalue weighted by Crippen LogP contribution is 2.43. The van der Waals surface area contributed by atoms with Crippen molar-refractivity contribution in [1.82, 2.24) is 5.32 Å². The number of phosphoric ester groups is 1. The Morgan fingerprint density at radius 2 is 0.984 bits per heavy atom. The molecule has 0 heterocycles. The Morgan fingerprint density at radius 3 is 1.43 bits per heavy atom. The van der Waals surface area contributed by atoms with Crippen LogP contribution < -0.4 is 5.32 Å². The van der Waals surface area contributed by atoms with Gasteiger partial charge in [0.05, 0.1) is 39.9 Å². The van der Waals surface area contributed by atoms with E-state index in [9.17, 15) is 19.4 Å². The zero-order valence-corrected chi connectivity index (χ0v) is 40.2. The van der Waals surface area contributed by atoms with E-state index in [1.807, 2.05) is 21.1 Å². The van der Waals surface area contributed by atoms with Gasteiger partial charge in [0.25, 0.3) is 0 Å². The predicted octanol–water partition coefficient (Wildman–Crippen LogP) is 13.7. The van der Waals surface area contributed by atoms with Crippen LogP contribution in [0.4, 0.5) is 0 Å². The van der Waals surface area contributed by atoms with E-state index in [-0.39, 0.29) is 19.1 Å². The van der Waals surface area contributed by atoms with Gasteiger partial charge in [0.1, 0.15) is 13.2 Å². The van der Waals surface area contributed by atoms with Crippen molar-refractivity contribution >= 4 is 13.7 Å². The zero-order valence-electron chi connectivity index (χ0n) is 39.4. The number of allylic oxidation sites excluding steroid dienone is 18. The fourth-order valence-corrected chi connectivity index (χ4v) is 6.77. The number of carbonyl (C=O) groups excluding carboxylic acids is 1. The van der Waals surface area contributed by atoms with Gasteiger partial charge < -0.3 is 19.8 Å². The van der Waals surface area contributed by atoms with Crippen LogP contribution in [0.1, 0.15) is 162 Å². The number of phosphoric acid groups is 1. The number of unbranched alkanes of at least 4 members (excludes halogenated alkanes) is 10. The zero-order chi connectivity index (χ0) is 45.0. The van der Waals surface area contributed by atoms with Crippen molar-refractivity contribution in [2.45, 2.75) is 174 Å². The lowest BCUT2D eigenvalue weighted by Crippen LogP contribution is -2.46. The third-order valence-electron chi connectivity index (χ3n) is 9.79. The average molecular weight is 870 g/mol. The standard InChI is InChI=1S/C52H89N2O6P/c1-6-8-10-12-13-14-15-16-17-18-19-20-21-22-23-24-25-26-27-28-29-30-31-32-33-34-35-36-37-38-39-40-41-42-44-46-52(56)53-50(51(55)45-43-11-9-7-2)49-60-61(57,58)59-48-47-54(3,4)5/h8,10,13-14,16-17,19-20,22-23,25-26,28-29,31-32,34-35,50-51,55H,6-7,9,11-12,15,18,21,24,27,30,33,36-49H2,1-5H3,(H-,53,56,57,58)/p+1/b10-8-,14-13-,17-16-,20-19-,23-22-,26-25-,29-28-,32-31-,35-34-. The summed E-state index contributed by atoms with van der Waals surface area (Å²) in [5.41, 5.74) is 0. The molecule has 1 amide bonds. The number of rotatable bonds is 41. The van der Waals surface area contributed by atoms with E-state index < -0.39 is 20.0 Å². The summed E-state index contributed by atoms with van der Waals surface area (Å²) in [6.45, 7) is 4.61. The Bertz CT molecular complexity index is 1350. The molecule has 0 aromatic heterocycles. The fraction of sp³-hybridized carbons (Fsp3) is 0.635. The van der Waals surface area contributed by atoms with Gasteiger partial charge in [-0.15, -0.1) is 0 Å². The van der Waals surface area contributed by atoms with Crippen LogP contribution in [0.25, 0.3) is 0 Å². The Kier molecular flexibility index (Phi) is 40.5. The van der Waals surface area contributed by atoms with E-state index in [0.717, 1.165) is 116 Å². The molecule has 9 heteroatoms. The number of quaternary nitrogens is 1. The highest BCUT2D eigenvalue weighted by molar-refractivity contribution is 7.47. The first-order valence-corrected chi connectivity index (χ1v) is 25.2. The molecule has 8 nitrogen and oxygen atoms in total. The van der Waals surface area contributed by atoms with E-state index in [1.165, 1.54) is 19.3 Å². The minimum absolute atomic E-state index is 0.0650. The van der Waals surface area contributed by atoms with E-state index in [1.54, 1.807) is 0 Å². The van der Waals surface area contributed by atoms with E-state index in [0.29, 0.717) is 23.9 Å². The van der Waals surface area contributed by atoms with Crippen LogP contribution in [-0.2, 0) is 18.4 Å². The van der Waals surface area contributed by atoms with Crippen molar-refractivity contribution in [3.05, 3.63) is 109 Å². The van der Waals surface area contributed by atoms with Gasteiger partial charge in [-0.3, -0.25) is 13.8 Å². The van der Waals surface area contributed by atoms with Gasteiger partial charge in [-0.25, -0.2) is 4.57 Å². The molecule has 61 heavy (non-hydrogen) atoms. The second kappa shape index (κ2) is 42.5. The monoisotopic (exact) mass is 870 g/mol. The van der Waals surface area contributed by atoms with Gasteiger partial charge in [0.15, 0.2) is 0 Å². The molecule has 0 aliphatic carbocycles. The largest absolute Gasteiger partial charge is 0.472 e. The molecule has 0 saturated heterocycles. The minimum atomic E-state index is -4.31. The van der Waals surface area contributed by atoms with Gasteiger partial charge in [-0.1, -0.05) is 181 Å². The molecule has 0 aliphatic heterocycles. The molecule has 3 unspecified atom stereocenters. The number of aliphatic hydroxyl groups excluding tert-OH is 1. The lowest BCUT2D eigenvalue weighted by atomic mass is 10.0. The number of hydrogen-bond donors (Lipinski definition) is 3. The van der Waals surface area contributed by atoms with E-state index in [2.05, 4.69) is 129 Å². The van der Waals surface area contributed by atoms with Crippen molar-refractivity contribution in [3.8, 4) is 0 Å². The molecule has 0 aliphatic rings. The van der Waals surface area contributed by atoms with Crippen molar-refractivity contribution in [3.63, 3.8) is 0 Å². The Morgan fingerprint density at radius 1 is 0.574 bits per heavy atom. The summed E-state index contributed by atoms with van der Waals surface area (Å²) in [6, 6.07) is -0.769. The van der Waals surface area contributed by atoms with Crippen molar-refractivity contribution in [2.75, 3.05) is 40.9 Å². The van der Waals surface area contributed by atoms with Gasteiger partial charge in [0, 0.05) is 6.42 Å². The van der Waals surface area contributed by atoms with Gasteiger partial charge in [0.2, 0.25) is 5.91 Å². The lowest BCUT2D eigenvalue weighted by Gasteiger charge is -2.26. The molecule has 0 rings (SSSR count). The van der Waals surface area contributed by atoms with Crippen molar-refractivity contribution in [2.24, 2.45) is 0 Å². The number of nitrogens with zero attached hydrogens (tertiary/aromatic N) is 1. The summed E-state index contributed by atoms with van der Waals surface area (Å²) >= 11 is 0. The number of aliphatic hydroxyl groups is 1. The Hall–Kier alpha value is -2.84. The van der Waals surface area contributed by atoms with Crippen LogP contribution in [-0.4, -0.2) is 73.4 Å². The minimum Gasteiger partial charge on any atom is -0.391 e. The van der Waals surface area contributed by atoms with Crippen LogP contribution in [0.2, 0.25) is 0 Å². The first kappa shape index (κ1) is 58.2. The molecule has 0 aromatic rings. The summed E-state index contributed by atoms with van der Waals surface area (Å²) in [7, 11) is 1.58. The number of nitrogens with one attached hydrogen (secondary N) is 1. The fourth-order valence-electron chi connectivity index (χ4n) is 6.04. The van der Waals surface area contributed by atoms with Crippen LogP contribution in [0.5, 0.6) is 0 Å². The molecule has 0 aromatic carbocycles. The predicted molar refractivity (Wildman–Crippen MR) is 262 cm³/mol. The smallest absolute Gasteiger partial charge is 0.391 e. The maximum absolute atomic E-state index is 12.8. The number of likely N-dealkylation sites (N-methyl/N-ethyl adjacent to an activating group) is 1. The third-order valence-corrected chi connectivity index (χ3v) is 10.8. The first-order valence-electron chi connectivity index (χ1n) is 23.8. The molecule has 0 radical (unpaired) electrons. The molecule has 0 fully saturated rings. The molecular formula is C52H90N2O6P+. The van der Waals surface area contributed by atoms with Gasteiger partial charge in [-0.2, -0.15) is 0 Å². The topological polar surface area (TPSA) is 105 Å². The SMILES string of the molecule is CC/C=C\C/C=C\C/C=C\C/C=C\C/C=C\C/C=C\C/C=C\C/C=C\C/C=C\CCCCCCCCCC(=O)NC(COP(=O)(O)OCC[N+](C)(C)C)C(O)CCCCCC. The van der Waals surface area contributed by atoms with Crippen LogP contribution >= 0.6 is 7.82 Å². The normalized spacial score (nSPS) is 15.2. The number of hydrogen-bond acceptors (Lipinski definition) is 5. The second-order valence-electron chi connectivity index (χ2n) is 16.8. The summed E-state index contributed by atoms with van der Waals surface area (Å²) in [4.78, 5) is 22.9. The van der Waals surface area contributed by atoms with Crippen molar-refractivity contribution < 1.29 is 32.9 Å². The summed E-state index contributed by atoms with van der Waals surface area (Å²) in [5.74, 6) is -0.171. The number of carbonyl (C=O) groups is 1. The van der Waals surface area contributed by atoms with Gasteiger partial charge >= 0.3 is 7.82 Å². The quantitative estimate of drug-likeness (QED) is 0.0245. The average Bonchev–Trinajstić information content (AvgIpc) is 3.21. The highest BCUT2D eigenvalue weighted by atomic mass is 31.2. The molecule has 0 bridgehead atoms. The Labute approximate surface area is 374 Å². The number of amides is 1. The molecule has 348 valence electrons. The molecule has 3 N–H and O–H groups in total. The highest BCUT2D eigenvalue weighted by Gasteiger charge is 2.28. The maximum Gasteiger partial charge on any atom is 0.472 e. The first-order chi connectivity index (χ1) is 29.5. The van der Waals surface area contributed by atoms with E-state index in [4.69, 9.17) is 9.05 Å². The van der Waals surface area contributed by atoms with Gasteiger partial charge in [-0.05, 0) is 83.5 Å². The van der Waals surface area contributed by atoms with Crippen LogP contribution in [0.3, 0.4) is 0 Å². The van der Waals surface area contributed by atoms with Crippen LogP contribution in [0.15, 0.2) is 109 Å². The maximum atomic E-state index is 12.8. The summed E-state index contributed by atoms with van der Waals surface area (Å²) in [6.07, 6.45) is 62.0. The lowest BCUT2D eigenvalue weighted by molar-refractivity contribution is -0.870. The molecule has 0 spiro atoms. The molecule has 3 atom stereocenters. The second-order valence-corrected chi connectivity index (χ2v) is 18.2. The molecular weight excluding hydrogens is 780 g/mol. The van der Waals surface area contributed by atoms with Crippen molar-refractivity contribution in [1.29, 1.82) is 0 Å².